The molecular weight excluding hydrogens is 396 g/mol. The zero-order valence-corrected chi connectivity index (χ0v) is 16.6. The number of rotatable bonds is 5. The van der Waals surface area contributed by atoms with Crippen molar-refractivity contribution in [1.82, 2.24) is 4.90 Å². The van der Waals surface area contributed by atoms with E-state index in [1.807, 2.05) is 0 Å². The van der Waals surface area contributed by atoms with Gasteiger partial charge in [0.05, 0.1) is 17.9 Å². The smallest absolute Gasteiger partial charge is 0.400 e. The number of hydrogen-bond acceptors (Lipinski definition) is 3. The number of aliphatic imine (C=N–C) groups is 1. The van der Waals surface area contributed by atoms with Gasteiger partial charge in [-0.15, -0.1) is 0 Å². The topological polar surface area (TPSA) is 41.9 Å². The van der Waals surface area contributed by atoms with E-state index in [1.54, 1.807) is 43.3 Å². The third-order valence-electron chi connectivity index (χ3n) is 3.78. The molecule has 28 heavy (non-hydrogen) atoms. The van der Waals surface area contributed by atoms with Crippen molar-refractivity contribution in [3.05, 3.63) is 53.3 Å². The number of aryl methyl sites for hydroxylation is 1. The molecule has 0 spiro atoms. The number of amidine groups is 1. The van der Waals surface area contributed by atoms with Crippen molar-refractivity contribution in [2.24, 2.45) is 4.99 Å². The van der Waals surface area contributed by atoms with Crippen LogP contribution in [0.25, 0.3) is 0 Å². The molecule has 2 aromatic rings. The Morgan fingerprint density at radius 1 is 1.18 bits per heavy atom. The van der Waals surface area contributed by atoms with Crippen molar-refractivity contribution >= 4 is 22.3 Å². The monoisotopic (exact) mass is 416 g/mol. The number of alkyl halides is 3. The lowest BCUT2D eigenvalue weighted by Crippen LogP contribution is -2.23. The van der Waals surface area contributed by atoms with Gasteiger partial charge in [-0.25, -0.2) is 9.38 Å². The van der Waals surface area contributed by atoms with Crippen LogP contribution in [0.3, 0.4) is 0 Å². The predicted octanol–water partition coefficient (Wildman–Crippen LogP) is 4.45. The summed E-state index contributed by atoms with van der Waals surface area (Å²) < 4.78 is 69.4. The fraction of sp³-hybridized carbons (Fsp3) is 0.316. The Morgan fingerprint density at radius 2 is 1.79 bits per heavy atom. The second kappa shape index (κ2) is 8.72. The molecule has 1 atom stereocenters. The highest BCUT2D eigenvalue weighted by molar-refractivity contribution is 7.85. The molecule has 1 unspecified atom stereocenters. The molecule has 0 saturated heterocycles. The summed E-state index contributed by atoms with van der Waals surface area (Å²) in [4.78, 5) is 5.83. The lowest BCUT2D eigenvalue weighted by atomic mass is 10.1. The highest BCUT2D eigenvalue weighted by atomic mass is 32.2. The first-order valence-corrected chi connectivity index (χ1v) is 9.49. The van der Waals surface area contributed by atoms with E-state index < -0.39 is 28.5 Å². The van der Waals surface area contributed by atoms with Gasteiger partial charge in [0.1, 0.15) is 28.8 Å². The van der Waals surface area contributed by atoms with Crippen molar-refractivity contribution in [2.45, 2.75) is 18.0 Å². The largest absolute Gasteiger partial charge is 0.497 e. The fourth-order valence-electron chi connectivity index (χ4n) is 2.48. The van der Waals surface area contributed by atoms with Gasteiger partial charge in [-0.1, -0.05) is 0 Å². The first kappa shape index (κ1) is 21.9. The molecule has 152 valence electrons. The molecule has 0 heterocycles. The Hall–Kier alpha value is -2.42. The summed E-state index contributed by atoms with van der Waals surface area (Å²) in [5, 5.41) is 0. The molecule has 4 nitrogen and oxygen atoms in total. The van der Waals surface area contributed by atoms with Crippen LogP contribution in [-0.4, -0.2) is 48.1 Å². The molecule has 0 bridgehead atoms. The number of nitrogens with zero attached hydrogens (tertiary/aromatic N) is 2. The average Bonchev–Trinajstić information content (AvgIpc) is 2.59. The minimum Gasteiger partial charge on any atom is -0.497 e. The molecule has 2 rings (SSSR count). The minimum atomic E-state index is -4.59. The van der Waals surface area contributed by atoms with Crippen LogP contribution in [0.15, 0.2) is 46.3 Å². The summed E-state index contributed by atoms with van der Waals surface area (Å²) in [6.45, 7) is 1.41. The summed E-state index contributed by atoms with van der Waals surface area (Å²) in [6.07, 6.45) is -4.59. The van der Waals surface area contributed by atoms with Gasteiger partial charge in [0.25, 0.3) is 0 Å². The first-order chi connectivity index (χ1) is 13.0. The average molecular weight is 416 g/mol. The van der Waals surface area contributed by atoms with Crippen molar-refractivity contribution in [3.63, 3.8) is 0 Å². The molecule has 0 fully saturated rings. The standard InChI is InChI=1S/C19H20F4N2O2S/c1-12-9-15(20)16(10-17(12)28(26)11-19(21,22)23)24-18(25(2)3)13-5-7-14(27-4)8-6-13/h5-10H,11H2,1-4H3. The van der Waals surface area contributed by atoms with Gasteiger partial charge in [0.2, 0.25) is 0 Å². The number of halogens is 4. The fourth-order valence-corrected chi connectivity index (χ4v) is 3.59. The molecule has 0 aliphatic heterocycles. The normalized spacial score (nSPS) is 13.4. The highest BCUT2D eigenvalue weighted by Crippen LogP contribution is 2.28. The third kappa shape index (κ3) is 5.54. The maximum absolute atomic E-state index is 14.4. The molecule has 0 aliphatic carbocycles. The van der Waals surface area contributed by atoms with E-state index in [9.17, 15) is 21.8 Å². The number of hydrogen-bond donors (Lipinski definition) is 0. The van der Waals surface area contributed by atoms with Crippen LogP contribution >= 0.6 is 0 Å². The van der Waals surface area contributed by atoms with Crippen LogP contribution in [0.1, 0.15) is 11.1 Å². The molecular formula is C19H20F4N2O2S. The second-order valence-electron chi connectivity index (χ2n) is 6.23. The second-order valence-corrected chi connectivity index (χ2v) is 7.65. The van der Waals surface area contributed by atoms with Crippen molar-refractivity contribution in [1.29, 1.82) is 0 Å². The van der Waals surface area contributed by atoms with E-state index in [1.165, 1.54) is 14.0 Å². The van der Waals surface area contributed by atoms with Gasteiger partial charge in [0, 0.05) is 24.6 Å². The van der Waals surface area contributed by atoms with Crippen LogP contribution in [-0.2, 0) is 10.8 Å². The summed E-state index contributed by atoms with van der Waals surface area (Å²) in [5.41, 5.74) is 0.647. The number of methoxy groups -OCH3 is 1. The lowest BCUT2D eigenvalue weighted by molar-refractivity contribution is -0.105. The molecule has 0 amide bonds. The third-order valence-corrected chi connectivity index (χ3v) is 5.30. The van der Waals surface area contributed by atoms with Crippen LogP contribution in [0.2, 0.25) is 0 Å². The zero-order valence-electron chi connectivity index (χ0n) is 15.8. The Kier molecular flexibility index (Phi) is 6.82. The van der Waals surface area contributed by atoms with Gasteiger partial charge in [-0.2, -0.15) is 13.2 Å². The Morgan fingerprint density at radius 3 is 2.29 bits per heavy atom. The maximum Gasteiger partial charge on any atom is 0.400 e. The van der Waals surface area contributed by atoms with Crippen LogP contribution in [0.4, 0.5) is 23.2 Å². The van der Waals surface area contributed by atoms with Crippen molar-refractivity contribution < 1.29 is 26.5 Å². The van der Waals surface area contributed by atoms with E-state index >= 15 is 0 Å². The quantitative estimate of drug-likeness (QED) is 0.411. The van der Waals surface area contributed by atoms with Gasteiger partial charge in [-0.05, 0) is 48.9 Å². The molecule has 2 aromatic carbocycles. The summed E-state index contributed by atoms with van der Waals surface area (Å²) in [5.74, 6) is -1.19. The van der Waals surface area contributed by atoms with E-state index in [-0.39, 0.29) is 16.1 Å². The number of benzene rings is 2. The zero-order chi connectivity index (χ0) is 21.1. The van der Waals surface area contributed by atoms with Crippen LogP contribution < -0.4 is 4.74 Å². The molecule has 9 heteroatoms. The van der Waals surface area contributed by atoms with E-state index in [2.05, 4.69) is 4.99 Å². The van der Waals surface area contributed by atoms with E-state index in [0.717, 1.165) is 12.1 Å². The first-order valence-electron chi connectivity index (χ1n) is 8.17. The summed E-state index contributed by atoms with van der Waals surface area (Å²) in [7, 11) is 2.59. The molecule has 0 N–H and O–H groups in total. The Balaban J connectivity index is 2.51. The van der Waals surface area contributed by atoms with Gasteiger partial charge >= 0.3 is 6.18 Å². The number of ether oxygens (including phenoxy) is 1. The van der Waals surface area contributed by atoms with Crippen molar-refractivity contribution in [3.8, 4) is 5.75 Å². The Bertz CT molecular complexity index is 894. The molecule has 0 radical (unpaired) electrons. The Labute approximate surface area is 163 Å². The van der Waals surface area contributed by atoms with E-state index in [4.69, 9.17) is 4.74 Å². The predicted molar refractivity (Wildman–Crippen MR) is 101 cm³/mol. The van der Waals surface area contributed by atoms with Crippen LogP contribution in [0, 0.1) is 12.7 Å². The maximum atomic E-state index is 14.4. The molecule has 0 aliphatic rings. The van der Waals surface area contributed by atoms with Gasteiger partial charge in [0.15, 0.2) is 0 Å². The highest BCUT2D eigenvalue weighted by Gasteiger charge is 2.31. The van der Waals surface area contributed by atoms with E-state index in [0.29, 0.717) is 17.1 Å². The molecule has 0 aromatic heterocycles. The SMILES string of the molecule is COc1ccc(C(=Nc2cc(S(=O)CC(F)(F)F)c(C)cc2F)N(C)C)cc1. The lowest BCUT2D eigenvalue weighted by Gasteiger charge is -2.17. The van der Waals surface area contributed by atoms with Gasteiger partial charge in [-0.3, -0.25) is 4.21 Å². The van der Waals surface area contributed by atoms with Crippen LogP contribution in [0.5, 0.6) is 5.75 Å². The van der Waals surface area contributed by atoms with Gasteiger partial charge < -0.3 is 9.64 Å². The summed E-state index contributed by atoms with van der Waals surface area (Å²) >= 11 is 0. The minimum absolute atomic E-state index is 0.0923. The summed E-state index contributed by atoms with van der Waals surface area (Å²) in [6, 6.07) is 9.04. The van der Waals surface area contributed by atoms with Crippen molar-refractivity contribution in [2.75, 3.05) is 27.0 Å². The molecule has 0 saturated carbocycles.